The van der Waals surface area contributed by atoms with Crippen LogP contribution in [0.3, 0.4) is 0 Å². The summed E-state index contributed by atoms with van der Waals surface area (Å²) in [6.07, 6.45) is 0.369. The molecule has 0 saturated carbocycles. The Bertz CT molecular complexity index is 102. The van der Waals surface area contributed by atoms with Gasteiger partial charge in [-0.15, -0.1) is 0 Å². The number of hydrogen-bond donors (Lipinski definition) is 1. The number of hydrogen-bond acceptors (Lipinski definition) is 3. The molecule has 1 saturated heterocycles. The Balaban J connectivity index is 2.13. The van der Waals surface area contributed by atoms with Crippen molar-refractivity contribution < 1.29 is 4.74 Å². The molecule has 0 bridgehead atoms. The number of methoxy groups -OCH3 is 1. The first kappa shape index (κ1) is 8.97. The van der Waals surface area contributed by atoms with Crippen LogP contribution in [0.4, 0.5) is 0 Å². The highest BCUT2D eigenvalue weighted by Crippen LogP contribution is 1.96. The monoisotopic (exact) mass is 158 g/mol. The highest BCUT2D eigenvalue weighted by molar-refractivity contribution is 4.69. The lowest BCUT2D eigenvalue weighted by molar-refractivity contribution is 0.0726. The number of nitrogens with zero attached hydrogens (tertiary/aromatic N) is 1. The van der Waals surface area contributed by atoms with Crippen LogP contribution in [0.2, 0.25) is 0 Å². The van der Waals surface area contributed by atoms with Gasteiger partial charge in [0.2, 0.25) is 0 Å². The number of rotatable bonds is 3. The van der Waals surface area contributed by atoms with Crippen LogP contribution < -0.4 is 5.32 Å². The van der Waals surface area contributed by atoms with Gasteiger partial charge in [0.25, 0.3) is 0 Å². The minimum absolute atomic E-state index is 0.369. The third kappa shape index (κ3) is 3.18. The second-order valence-corrected chi connectivity index (χ2v) is 3.10. The molecule has 1 aliphatic rings. The van der Waals surface area contributed by atoms with E-state index in [1.54, 1.807) is 7.11 Å². The van der Waals surface area contributed by atoms with E-state index >= 15 is 0 Å². The Morgan fingerprint density at radius 1 is 1.45 bits per heavy atom. The van der Waals surface area contributed by atoms with Crippen molar-refractivity contribution in [3.8, 4) is 0 Å². The molecule has 11 heavy (non-hydrogen) atoms. The average molecular weight is 158 g/mol. The van der Waals surface area contributed by atoms with Crippen LogP contribution in [0.15, 0.2) is 0 Å². The highest BCUT2D eigenvalue weighted by atomic mass is 16.5. The van der Waals surface area contributed by atoms with Crippen LogP contribution in [-0.2, 0) is 4.74 Å². The van der Waals surface area contributed by atoms with Crippen molar-refractivity contribution in [3.05, 3.63) is 0 Å². The van der Waals surface area contributed by atoms with Gasteiger partial charge in [0, 0.05) is 39.8 Å². The molecule has 0 amide bonds. The predicted octanol–water partition coefficient (Wildman–Crippen LogP) is -0.0735. The summed E-state index contributed by atoms with van der Waals surface area (Å²) >= 11 is 0. The second-order valence-electron chi connectivity index (χ2n) is 3.10. The molecule has 0 unspecified atom stereocenters. The first-order valence-corrected chi connectivity index (χ1v) is 4.29. The maximum absolute atomic E-state index is 5.19. The lowest BCUT2D eigenvalue weighted by atomic mass is 10.3. The molecule has 1 atom stereocenters. The maximum atomic E-state index is 5.19. The fraction of sp³-hybridized carbons (Fsp3) is 1.00. The minimum Gasteiger partial charge on any atom is -0.380 e. The van der Waals surface area contributed by atoms with E-state index < -0.39 is 0 Å². The van der Waals surface area contributed by atoms with Crippen molar-refractivity contribution in [2.24, 2.45) is 0 Å². The minimum atomic E-state index is 0.369. The van der Waals surface area contributed by atoms with Gasteiger partial charge in [0.1, 0.15) is 0 Å². The van der Waals surface area contributed by atoms with Gasteiger partial charge in [-0.25, -0.2) is 0 Å². The summed E-state index contributed by atoms with van der Waals surface area (Å²) in [6.45, 7) is 7.74. The Morgan fingerprint density at radius 3 is 2.64 bits per heavy atom. The van der Waals surface area contributed by atoms with E-state index in [1.807, 2.05) is 0 Å². The first-order chi connectivity index (χ1) is 5.33. The summed E-state index contributed by atoms with van der Waals surface area (Å²) in [7, 11) is 1.77. The Morgan fingerprint density at radius 2 is 2.09 bits per heavy atom. The summed E-state index contributed by atoms with van der Waals surface area (Å²) in [5.74, 6) is 0. The highest BCUT2D eigenvalue weighted by Gasteiger charge is 2.11. The summed E-state index contributed by atoms with van der Waals surface area (Å²) < 4.78 is 5.19. The third-order valence-electron chi connectivity index (χ3n) is 2.13. The second kappa shape index (κ2) is 4.70. The summed E-state index contributed by atoms with van der Waals surface area (Å²) in [4.78, 5) is 2.44. The molecule has 0 aromatic carbocycles. The zero-order chi connectivity index (χ0) is 8.10. The molecule has 1 heterocycles. The van der Waals surface area contributed by atoms with Crippen LogP contribution >= 0.6 is 0 Å². The number of piperazine rings is 1. The van der Waals surface area contributed by atoms with E-state index in [2.05, 4.69) is 17.1 Å². The van der Waals surface area contributed by atoms with Gasteiger partial charge in [-0.3, -0.25) is 4.90 Å². The smallest absolute Gasteiger partial charge is 0.0670 e. The van der Waals surface area contributed by atoms with Crippen molar-refractivity contribution in [1.29, 1.82) is 0 Å². The molecule has 0 aromatic heterocycles. The van der Waals surface area contributed by atoms with Crippen molar-refractivity contribution in [2.45, 2.75) is 13.0 Å². The van der Waals surface area contributed by atoms with Gasteiger partial charge in [-0.05, 0) is 6.92 Å². The van der Waals surface area contributed by atoms with Crippen LogP contribution in [-0.4, -0.2) is 50.8 Å². The van der Waals surface area contributed by atoms with Crippen molar-refractivity contribution in [2.75, 3.05) is 39.8 Å². The van der Waals surface area contributed by atoms with Crippen LogP contribution in [0, 0.1) is 0 Å². The fourth-order valence-electron chi connectivity index (χ4n) is 1.33. The molecular formula is C8H18N2O. The van der Waals surface area contributed by atoms with Crippen molar-refractivity contribution in [3.63, 3.8) is 0 Å². The summed E-state index contributed by atoms with van der Waals surface area (Å²) in [5.41, 5.74) is 0. The largest absolute Gasteiger partial charge is 0.380 e. The average Bonchev–Trinajstić information content (AvgIpc) is 2.06. The van der Waals surface area contributed by atoms with Crippen molar-refractivity contribution in [1.82, 2.24) is 10.2 Å². The van der Waals surface area contributed by atoms with E-state index in [0.29, 0.717) is 6.10 Å². The van der Waals surface area contributed by atoms with Crippen LogP contribution in [0.25, 0.3) is 0 Å². The van der Waals surface area contributed by atoms with E-state index in [0.717, 1.165) is 32.7 Å². The Hall–Kier alpha value is -0.120. The van der Waals surface area contributed by atoms with E-state index in [-0.39, 0.29) is 0 Å². The third-order valence-corrected chi connectivity index (χ3v) is 2.13. The van der Waals surface area contributed by atoms with Gasteiger partial charge in [-0.1, -0.05) is 0 Å². The predicted molar refractivity (Wildman–Crippen MR) is 45.8 cm³/mol. The molecule has 1 fully saturated rings. The molecule has 0 aliphatic carbocycles. The fourth-order valence-corrected chi connectivity index (χ4v) is 1.33. The summed E-state index contributed by atoms with van der Waals surface area (Å²) in [6, 6.07) is 0. The van der Waals surface area contributed by atoms with E-state index in [1.165, 1.54) is 0 Å². The lowest BCUT2D eigenvalue weighted by Gasteiger charge is -2.28. The van der Waals surface area contributed by atoms with E-state index in [9.17, 15) is 0 Å². The lowest BCUT2D eigenvalue weighted by Crippen LogP contribution is -2.46. The molecule has 0 spiro atoms. The summed E-state index contributed by atoms with van der Waals surface area (Å²) in [5, 5.41) is 3.32. The Kier molecular flexibility index (Phi) is 3.83. The molecule has 1 rings (SSSR count). The van der Waals surface area contributed by atoms with Crippen LogP contribution in [0.1, 0.15) is 6.92 Å². The SMILES string of the molecule is CO[C@H](C)CN1CCNCC1. The maximum Gasteiger partial charge on any atom is 0.0670 e. The van der Waals surface area contributed by atoms with Crippen molar-refractivity contribution >= 4 is 0 Å². The number of ether oxygens (including phenoxy) is 1. The van der Waals surface area contributed by atoms with Gasteiger partial charge in [0.15, 0.2) is 0 Å². The first-order valence-electron chi connectivity index (χ1n) is 4.29. The van der Waals surface area contributed by atoms with Gasteiger partial charge in [-0.2, -0.15) is 0 Å². The number of nitrogens with one attached hydrogen (secondary N) is 1. The topological polar surface area (TPSA) is 24.5 Å². The van der Waals surface area contributed by atoms with Crippen LogP contribution in [0.5, 0.6) is 0 Å². The molecular weight excluding hydrogens is 140 g/mol. The molecule has 3 nitrogen and oxygen atoms in total. The normalized spacial score (nSPS) is 23.5. The molecule has 66 valence electrons. The van der Waals surface area contributed by atoms with Gasteiger partial charge >= 0.3 is 0 Å². The van der Waals surface area contributed by atoms with Gasteiger partial charge in [0.05, 0.1) is 6.10 Å². The molecule has 0 aromatic rings. The zero-order valence-corrected chi connectivity index (χ0v) is 7.47. The standard InChI is InChI=1S/C8H18N2O/c1-8(11-2)7-10-5-3-9-4-6-10/h8-9H,3-7H2,1-2H3/t8-/m1/s1. The van der Waals surface area contributed by atoms with Gasteiger partial charge < -0.3 is 10.1 Å². The zero-order valence-electron chi connectivity index (χ0n) is 7.47. The quantitative estimate of drug-likeness (QED) is 0.622. The molecule has 3 heteroatoms. The molecule has 0 radical (unpaired) electrons. The molecule has 1 N–H and O–H groups in total. The Labute approximate surface area is 68.7 Å². The van der Waals surface area contributed by atoms with E-state index in [4.69, 9.17) is 4.74 Å². The molecule has 1 aliphatic heterocycles.